The van der Waals surface area contributed by atoms with Crippen molar-refractivity contribution in [3.8, 4) is 0 Å². The van der Waals surface area contributed by atoms with Gasteiger partial charge >= 0.3 is 0 Å². The van der Waals surface area contributed by atoms with Crippen LogP contribution in [-0.4, -0.2) is 18.6 Å². The Morgan fingerprint density at radius 1 is 1.33 bits per heavy atom. The molecule has 1 heterocycles. The number of carbonyl (C=O) groups excluding carboxylic acids is 1. The molecule has 0 radical (unpaired) electrons. The van der Waals surface area contributed by atoms with Gasteiger partial charge in [0, 0.05) is 10.5 Å². The standard InChI is InChI=1S/C9H10BrN.C5H10O2/c10-8-3-1-7(2-4-8)9-5-6-11-9;1-5(2,3)7-4-6/h1-4,9,11H,5-6H2;4H,1-3H3. The molecule has 4 heteroatoms. The van der Waals surface area contributed by atoms with Crippen molar-refractivity contribution in [2.75, 3.05) is 6.54 Å². The van der Waals surface area contributed by atoms with E-state index in [1.807, 2.05) is 20.8 Å². The van der Waals surface area contributed by atoms with Crippen molar-refractivity contribution in [2.24, 2.45) is 0 Å². The van der Waals surface area contributed by atoms with E-state index in [0.717, 1.165) is 4.47 Å². The summed E-state index contributed by atoms with van der Waals surface area (Å²) in [5, 5.41) is 3.37. The predicted molar refractivity (Wildman–Crippen MR) is 76.4 cm³/mol. The van der Waals surface area contributed by atoms with Gasteiger partial charge in [0.05, 0.1) is 0 Å². The summed E-state index contributed by atoms with van der Waals surface area (Å²) in [7, 11) is 0. The van der Waals surface area contributed by atoms with Gasteiger partial charge < -0.3 is 10.1 Å². The van der Waals surface area contributed by atoms with Crippen molar-refractivity contribution in [2.45, 2.75) is 38.8 Å². The van der Waals surface area contributed by atoms with E-state index in [-0.39, 0.29) is 5.60 Å². The topological polar surface area (TPSA) is 38.3 Å². The number of halogens is 1. The van der Waals surface area contributed by atoms with Gasteiger partial charge in [0.15, 0.2) is 0 Å². The van der Waals surface area contributed by atoms with Crippen molar-refractivity contribution in [3.63, 3.8) is 0 Å². The van der Waals surface area contributed by atoms with Crippen molar-refractivity contribution in [1.29, 1.82) is 0 Å². The summed E-state index contributed by atoms with van der Waals surface area (Å²) < 4.78 is 5.70. The minimum atomic E-state index is -0.318. The van der Waals surface area contributed by atoms with Crippen LogP contribution in [0.1, 0.15) is 38.8 Å². The highest BCUT2D eigenvalue weighted by Crippen LogP contribution is 2.23. The molecule has 1 aromatic carbocycles. The van der Waals surface area contributed by atoms with Crippen LogP contribution in [0.3, 0.4) is 0 Å². The van der Waals surface area contributed by atoms with Gasteiger partial charge in [-0.2, -0.15) is 0 Å². The first-order valence-corrected chi connectivity index (χ1v) is 6.82. The van der Waals surface area contributed by atoms with Gasteiger partial charge in [-0.25, -0.2) is 0 Å². The second-order valence-corrected chi connectivity index (χ2v) is 6.09. The van der Waals surface area contributed by atoms with Crippen LogP contribution in [-0.2, 0) is 9.53 Å². The molecule has 0 bridgehead atoms. The Morgan fingerprint density at radius 2 is 1.89 bits per heavy atom. The lowest BCUT2D eigenvalue weighted by atomic mass is 9.98. The molecule has 18 heavy (non-hydrogen) atoms. The third-order valence-electron chi connectivity index (χ3n) is 2.50. The van der Waals surface area contributed by atoms with Crippen LogP contribution in [0.5, 0.6) is 0 Å². The average Bonchev–Trinajstić information content (AvgIpc) is 2.18. The molecule has 0 aromatic heterocycles. The van der Waals surface area contributed by atoms with E-state index < -0.39 is 0 Å². The molecule has 1 N–H and O–H groups in total. The molecule has 3 nitrogen and oxygen atoms in total. The van der Waals surface area contributed by atoms with E-state index in [4.69, 9.17) is 0 Å². The van der Waals surface area contributed by atoms with Crippen molar-refractivity contribution >= 4 is 22.4 Å². The quantitative estimate of drug-likeness (QED) is 0.850. The minimum Gasteiger partial charge on any atom is -0.462 e. The summed E-state index contributed by atoms with van der Waals surface area (Å²) in [5.41, 5.74) is 1.08. The highest BCUT2D eigenvalue weighted by molar-refractivity contribution is 9.10. The Balaban J connectivity index is 0.000000203. The van der Waals surface area contributed by atoms with Crippen molar-refractivity contribution < 1.29 is 9.53 Å². The Hall–Kier alpha value is -0.870. The van der Waals surface area contributed by atoms with Gasteiger partial charge in [-0.1, -0.05) is 28.1 Å². The normalized spacial score (nSPS) is 18.1. The lowest BCUT2D eigenvalue weighted by Crippen LogP contribution is -2.34. The smallest absolute Gasteiger partial charge is 0.293 e. The molecule has 2 rings (SSSR count). The lowest BCUT2D eigenvalue weighted by molar-refractivity contribution is -0.138. The zero-order chi connectivity index (χ0) is 13.6. The summed E-state index contributed by atoms with van der Waals surface area (Å²) in [6, 6.07) is 9.13. The van der Waals surface area contributed by atoms with Crippen LogP contribution >= 0.6 is 15.9 Å². The third kappa shape index (κ3) is 5.65. The number of carbonyl (C=O) groups is 1. The molecule has 1 saturated heterocycles. The summed E-state index contributed by atoms with van der Waals surface area (Å²) >= 11 is 3.41. The molecule has 1 aliphatic heterocycles. The van der Waals surface area contributed by atoms with Crippen LogP contribution in [0.2, 0.25) is 0 Å². The average molecular weight is 314 g/mol. The molecule has 0 saturated carbocycles. The fourth-order valence-electron chi connectivity index (χ4n) is 1.41. The first kappa shape index (κ1) is 15.2. The van der Waals surface area contributed by atoms with Crippen molar-refractivity contribution in [3.05, 3.63) is 34.3 Å². The number of ether oxygens (including phenoxy) is 1. The van der Waals surface area contributed by atoms with E-state index in [2.05, 4.69) is 50.2 Å². The molecule has 1 fully saturated rings. The Labute approximate surface area is 117 Å². The fourth-order valence-corrected chi connectivity index (χ4v) is 1.68. The molecule has 1 aromatic rings. The maximum atomic E-state index is 9.60. The minimum absolute atomic E-state index is 0.318. The number of benzene rings is 1. The highest BCUT2D eigenvalue weighted by Gasteiger charge is 2.17. The van der Waals surface area contributed by atoms with Gasteiger partial charge in [-0.3, -0.25) is 4.79 Å². The molecule has 1 atom stereocenters. The van der Waals surface area contributed by atoms with Gasteiger partial charge in [0.2, 0.25) is 0 Å². The van der Waals surface area contributed by atoms with E-state index in [1.165, 1.54) is 18.5 Å². The first-order valence-electron chi connectivity index (χ1n) is 6.03. The van der Waals surface area contributed by atoms with Gasteiger partial charge in [0.1, 0.15) is 5.60 Å². The maximum absolute atomic E-state index is 9.60. The second-order valence-electron chi connectivity index (χ2n) is 5.17. The molecular formula is C14H20BrNO2. The van der Waals surface area contributed by atoms with Crippen molar-refractivity contribution in [1.82, 2.24) is 5.32 Å². The highest BCUT2D eigenvalue weighted by atomic mass is 79.9. The molecule has 1 unspecified atom stereocenters. The van der Waals surface area contributed by atoms with E-state index in [0.29, 0.717) is 12.5 Å². The summed E-state index contributed by atoms with van der Waals surface area (Å²) in [6.07, 6.45) is 1.28. The molecular weight excluding hydrogens is 294 g/mol. The Kier molecular flexibility index (Phi) is 5.82. The van der Waals surface area contributed by atoms with Crippen LogP contribution < -0.4 is 5.32 Å². The molecule has 0 amide bonds. The van der Waals surface area contributed by atoms with Crippen LogP contribution in [0.15, 0.2) is 28.7 Å². The monoisotopic (exact) mass is 313 g/mol. The summed E-state index contributed by atoms with van der Waals surface area (Å²) in [4.78, 5) is 9.60. The van der Waals surface area contributed by atoms with E-state index >= 15 is 0 Å². The third-order valence-corrected chi connectivity index (χ3v) is 3.03. The molecule has 1 aliphatic rings. The zero-order valence-corrected chi connectivity index (χ0v) is 12.7. The number of hydrogen-bond acceptors (Lipinski definition) is 3. The van der Waals surface area contributed by atoms with Crippen LogP contribution in [0.25, 0.3) is 0 Å². The molecule has 100 valence electrons. The number of nitrogens with one attached hydrogen (secondary N) is 1. The van der Waals surface area contributed by atoms with E-state index in [1.54, 1.807) is 0 Å². The summed E-state index contributed by atoms with van der Waals surface area (Å²) in [6.45, 7) is 7.09. The Bertz CT molecular complexity index is 366. The SMILES string of the molecule is Brc1ccc(C2CCN2)cc1.CC(C)(C)OC=O. The summed E-state index contributed by atoms with van der Waals surface area (Å²) in [5.74, 6) is 0. The predicted octanol–water partition coefficient (Wildman–Crippen LogP) is 3.44. The molecule has 0 spiro atoms. The van der Waals surface area contributed by atoms with Crippen LogP contribution in [0, 0.1) is 0 Å². The van der Waals surface area contributed by atoms with Gasteiger partial charge in [0.25, 0.3) is 6.47 Å². The maximum Gasteiger partial charge on any atom is 0.293 e. The number of hydrogen-bond donors (Lipinski definition) is 1. The van der Waals surface area contributed by atoms with Gasteiger partial charge in [-0.15, -0.1) is 0 Å². The first-order chi connectivity index (χ1) is 8.42. The van der Waals surface area contributed by atoms with Crippen LogP contribution in [0.4, 0.5) is 0 Å². The van der Waals surface area contributed by atoms with Gasteiger partial charge in [-0.05, 0) is 51.4 Å². The Morgan fingerprint density at radius 3 is 2.17 bits per heavy atom. The zero-order valence-electron chi connectivity index (χ0n) is 11.1. The fraction of sp³-hybridized carbons (Fsp3) is 0.500. The van der Waals surface area contributed by atoms with E-state index in [9.17, 15) is 4.79 Å². The largest absolute Gasteiger partial charge is 0.462 e. The second kappa shape index (κ2) is 6.90. The lowest BCUT2D eigenvalue weighted by Gasteiger charge is -2.27. The molecule has 0 aliphatic carbocycles. The number of rotatable bonds is 2.